The Hall–Kier alpha value is -3.45. The van der Waals surface area contributed by atoms with E-state index in [-0.39, 0.29) is 18.0 Å². The van der Waals surface area contributed by atoms with Crippen molar-refractivity contribution in [3.8, 4) is 16.9 Å². The molecule has 0 aliphatic carbocycles. The highest BCUT2D eigenvalue weighted by Gasteiger charge is 2.48. The van der Waals surface area contributed by atoms with Gasteiger partial charge in [-0.15, -0.1) is 11.3 Å². The standard InChI is InChI=1S/C26H28N4O2S/c1-16(2)32-21-11-7-9-18(13-21)23-24(31)30(5)25(27)29-26(23,3)22-14-19(15-33-22)17-8-6-10-20(12-17)28-4/h6-16,23H,4H2,1-3,5H3,(H2,27,29)/t23-,26+/m0/s1. The Balaban J connectivity index is 1.81. The van der Waals surface area contributed by atoms with Gasteiger partial charge in [-0.1, -0.05) is 24.3 Å². The maximum Gasteiger partial charge on any atom is 0.239 e. The molecular weight excluding hydrogens is 432 g/mol. The number of ether oxygens (including phenoxy) is 1. The number of rotatable bonds is 6. The van der Waals surface area contributed by atoms with Crippen molar-refractivity contribution in [1.29, 1.82) is 0 Å². The van der Waals surface area contributed by atoms with Gasteiger partial charge in [0.1, 0.15) is 11.3 Å². The van der Waals surface area contributed by atoms with Crippen LogP contribution >= 0.6 is 11.3 Å². The molecule has 0 bridgehead atoms. The SMILES string of the molecule is C=Nc1cccc(-c2csc([C@@]3(C)N=C(N)N(C)C(=O)[C@@H]3c3cccc(OC(C)C)c3)c2)c1. The highest BCUT2D eigenvalue weighted by atomic mass is 32.1. The van der Waals surface area contributed by atoms with Crippen molar-refractivity contribution in [2.24, 2.45) is 15.7 Å². The molecular formula is C26H28N4O2S. The van der Waals surface area contributed by atoms with E-state index in [1.807, 2.05) is 69.3 Å². The van der Waals surface area contributed by atoms with E-state index in [1.165, 1.54) is 4.90 Å². The van der Waals surface area contributed by atoms with Gasteiger partial charge in [-0.05, 0) is 79.9 Å². The molecule has 1 aliphatic heterocycles. The Bertz CT molecular complexity index is 1230. The minimum Gasteiger partial charge on any atom is -0.491 e. The van der Waals surface area contributed by atoms with E-state index >= 15 is 0 Å². The topological polar surface area (TPSA) is 80.3 Å². The van der Waals surface area contributed by atoms with Crippen molar-refractivity contribution < 1.29 is 9.53 Å². The minimum atomic E-state index is -0.860. The average Bonchev–Trinajstić information content (AvgIpc) is 3.29. The summed E-state index contributed by atoms with van der Waals surface area (Å²) in [5, 5.41) is 2.08. The van der Waals surface area contributed by atoms with Crippen molar-refractivity contribution in [2.45, 2.75) is 38.3 Å². The van der Waals surface area contributed by atoms with Crippen molar-refractivity contribution in [1.82, 2.24) is 4.90 Å². The van der Waals surface area contributed by atoms with Crippen LogP contribution < -0.4 is 10.5 Å². The minimum absolute atomic E-state index is 0.0331. The number of aliphatic imine (C=N–C) groups is 2. The molecule has 0 spiro atoms. The third kappa shape index (κ3) is 4.28. The summed E-state index contributed by atoms with van der Waals surface area (Å²) in [4.78, 5) is 24.8. The fourth-order valence-corrected chi connectivity index (χ4v) is 5.22. The summed E-state index contributed by atoms with van der Waals surface area (Å²) in [6.45, 7) is 9.55. The fourth-order valence-electron chi connectivity index (χ4n) is 4.17. The zero-order valence-corrected chi connectivity index (χ0v) is 20.1. The quantitative estimate of drug-likeness (QED) is 0.506. The van der Waals surface area contributed by atoms with Gasteiger partial charge >= 0.3 is 0 Å². The number of hydrogen-bond acceptors (Lipinski definition) is 6. The first-order valence-corrected chi connectivity index (χ1v) is 11.7. The van der Waals surface area contributed by atoms with Crippen LogP contribution in [0.2, 0.25) is 0 Å². The average molecular weight is 461 g/mol. The molecule has 0 saturated heterocycles. The number of nitrogens with two attached hydrogens (primary N) is 1. The van der Waals surface area contributed by atoms with Crippen LogP contribution in [0.4, 0.5) is 5.69 Å². The molecule has 0 unspecified atom stereocenters. The van der Waals surface area contributed by atoms with Crippen LogP contribution in [0.25, 0.3) is 11.1 Å². The molecule has 0 fully saturated rings. The lowest BCUT2D eigenvalue weighted by Gasteiger charge is -2.40. The van der Waals surface area contributed by atoms with E-state index in [0.717, 1.165) is 33.0 Å². The predicted molar refractivity (Wildman–Crippen MR) is 136 cm³/mol. The molecule has 1 amide bonds. The van der Waals surface area contributed by atoms with Crippen LogP contribution in [-0.4, -0.2) is 36.6 Å². The summed E-state index contributed by atoms with van der Waals surface area (Å²) in [7, 11) is 1.66. The Kier molecular flexibility index (Phi) is 6.08. The first kappa shape index (κ1) is 22.7. The van der Waals surface area contributed by atoms with E-state index in [0.29, 0.717) is 0 Å². The Morgan fingerprint density at radius 2 is 1.94 bits per heavy atom. The van der Waals surface area contributed by atoms with E-state index in [4.69, 9.17) is 15.5 Å². The maximum absolute atomic E-state index is 13.5. The van der Waals surface area contributed by atoms with Gasteiger partial charge in [0.15, 0.2) is 5.96 Å². The third-order valence-corrected chi connectivity index (χ3v) is 7.01. The van der Waals surface area contributed by atoms with Gasteiger partial charge in [0.05, 0.1) is 17.7 Å². The summed E-state index contributed by atoms with van der Waals surface area (Å²) in [6.07, 6.45) is 0.0331. The number of nitrogens with zero attached hydrogens (tertiary/aromatic N) is 3. The number of carbonyl (C=O) groups excluding carboxylic acids is 1. The Labute approximate surface area is 198 Å². The number of benzene rings is 2. The molecule has 4 rings (SSSR count). The van der Waals surface area contributed by atoms with Gasteiger partial charge < -0.3 is 10.5 Å². The monoisotopic (exact) mass is 460 g/mol. The summed E-state index contributed by atoms with van der Waals surface area (Å²) in [5.41, 5.74) is 9.05. The molecule has 3 aromatic rings. The summed E-state index contributed by atoms with van der Waals surface area (Å²) >= 11 is 1.57. The summed E-state index contributed by atoms with van der Waals surface area (Å²) < 4.78 is 5.89. The molecule has 7 heteroatoms. The zero-order chi connectivity index (χ0) is 23.8. The second kappa shape index (κ2) is 8.83. The van der Waals surface area contributed by atoms with Gasteiger partial charge in [-0.25, -0.2) is 4.99 Å². The number of guanidine groups is 1. The lowest BCUT2D eigenvalue weighted by Crippen LogP contribution is -2.52. The number of likely N-dealkylation sites (N-methyl/N-ethyl adjacent to an activating group) is 1. The molecule has 1 aromatic heterocycles. The van der Waals surface area contributed by atoms with Crippen molar-refractivity contribution >= 4 is 35.6 Å². The second-order valence-corrected chi connectivity index (χ2v) is 9.51. The molecule has 33 heavy (non-hydrogen) atoms. The second-order valence-electron chi connectivity index (χ2n) is 8.59. The molecule has 0 radical (unpaired) electrons. The lowest BCUT2D eigenvalue weighted by molar-refractivity contribution is -0.130. The molecule has 0 saturated carbocycles. The van der Waals surface area contributed by atoms with Gasteiger partial charge in [0.25, 0.3) is 0 Å². The van der Waals surface area contributed by atoms with E-state index in [1.54, 1.807) is 18.4 Å². The summed E-state index contributed by atoms with van der Waals surface area (Å²) in [6, 6.07) is 17.7. The van der Waals surface area contributed by atoms with Gasteiger partial charge in [0, 0.05) is 11.9 Å². The highest BCUT2D eigenvalue weighted by molar-refractivity contribution is 7.10. The maximum atomic E-state index is 13.5. The van der Waals surface area contributed by atoms with E-state index < -0.39 is 11.5 Å². The fraction of sp³-hybridized carbons (Fsp3) is 0.269. The number of amides is 1. The van der Waals surface area contributed by atoms with Crippen LogP contribution in [0.15, 0.2) is 70.0 Å². The third-order valence-electron chi connectivity index (χ3n) is 5.85. The number of hydrogen-bond donors (Lipinski definition) is 1. The Morgan fingerprint density at radius 1 is 1.18 bits per heavy atom. The van der Waals surface area contributed by atoms with Crippen LogP contribution in [0.1, 0.15) is 37.1 Å². The number of thiophene rings is 1. The highest BCUT2D eigenvalue weighted by Crippen LogP contribution is 2.47. The predicted octanol–water partition coefficient (Wildman–Crippen LogP) is 5.32. The van der Waals surface area contributed by atoms with Crippen molar-refractivity contribution in [3.63, 3.8) is 0 Å². The molecule has 2 atom stereocenters. The van der Waals surface area contributed by atoms with Crippen molar-refractivity contribution in [3.05, 3.63) is 70.4 Å². The molecule has 170 valence electrons. The van der Waals surface area contributed by atoms with Crippen LogP contribution in [-0.2, 0) is 10.3 Å². The first-order valence-electron chi connectivity index (χ1n) is 10.8. The lowest BCUT2D eigenvalue weighted by atomic mass is 9.77. The molecule has 2 N–H and O–H groups in total. The largest absolute Gasteiger partial charge is 0.491 e. The molecule has 2 aromatic carbocycles. The van der Waals surface area contributed by atoms with Gasteiger partial charge in [0.2, 0.25) is 5.91 Å². The van der Waals surface area contributed by atoms with E-state index in [2.05, 4.69) is 23.2 Å². The van der Waals surface area contributed by atoms with Crippen LogP contribution in [0, 0.1) is 0 Å². The smallest absolute Gasteiger partial charge is 0.239 e. The normalized spacial score (nSPS) is 20.6. The molecule has 2 heterocycles. The first-order chi connectivity index (χ1) is 15.7. The van der Waals surface area contributed by atoms with Crippen molar-refractivity contribution in [2.75, 3.05) is 7.05 Å². The zero-order valence-electron chi connectivity index (χ0n) is 19.3. The van der Waals surface area contributed by atoms with Gasteiger partial charge in [-0.2, -0.15) is 0 Å². The van der Waals surface area contributed by atoms with E-state index in [9.17, 15) is 4.79 Å². The molecule has 1 aliphatic rings. The van der Waals surface area contributed by atoms with Crippen LogP contribution in [0.3, 0.4) is 0 Å². The number of carbonyl (C=O) groups is 1. The Morgan fingerprint density at radius 3 is 2.67 bits per heavy atom. The molecule has 6 nitrogen and oxygen atoms in total. The van der Waals surface area contributed by atoms with Crippen LogP contribution in [0.5, 0.6) is 5.75 Å². The van der Waals surface area contributed by atoms with Gasteiger partial charge in [-0.3, -0.25) is 14.7 Å². The summed E-state index contributed by atoms with van der Waals surface area (Å²) in [5.74, 6) is 0.294.